The lowest BCUT2D eigenvalue weighted by molar-refractivity contribution is 0.583. The number of aromatic nitrogens is 3. The number of nitrogens with zero attached hydrogens (tertiary/aromatic N) is 3. The first-order valence-corrected chi connectivity index (χ1v) is 9.77. The molecule has 0 amide bonds. The fourth-order valence-corrected chi connectivity index (χ4v) is 3.82. The summed E-state index contributed by atoms with van der Waals surface area (Å²) in [6, 6.07) is 14.8. The van der Waals surface area contributed by atoms with Crippen LogP contribution < -0.4 is 0 Å². The first-order valence-electron chi connectivity index (χ1n) is 8.54. The third-order valence-electron chi connectivity index (χ3n) is 4.15. The predicted octanol–water partition coefficient (Wildman–Crippen LogP) is 6.04. The van der Waals surface area contributed by atoms with Gasteiger partial charge >= 0.3 is 0 Å². The SMILES string of the molecule is Cc1cnc(-c2cccc(Cn3nc(-c4cc(F)cc(F)c4)ccc3=S)c2)s1. The summed E-state index contributed by atoms with van der Waals surface area (Å²) in [5, 5.41) is 5.45. The van der Waals surface area contributed by atoms with Crippen molar-refractivity contribution in [3.63, 3.8) is 0 Å². The van der Waals surface area contributed by atoms with Gasteiger partial charge in [0.2, 0.25) is 0 Å². The smallest absolute Gasteiger partial charge is 0.126 e. The fraction of sp³-hybridized carbons (Fsp3) is 0.0952. The molecule has 0 aliphatic rings. The van der Waals surface area contributed by atoms with E-state index in [1.165, 1.54) is 12.1 Å². The van der Waals surface area contributed by atoms with Crippen molar-refractivity contribution < 1.29 is 8.78 Å². The number of thiazole rings is 1. The van der Waals surface area contributed by atoms with Crippen LogP contribution in [0.3, 0.4) is 0 Å². The second-order valence-electron chi connectivity index (χ2n) is 6.35. The van der Waals surface area contributed by atoms with Crippen molar-refractivity contribution in [2.75, 3.05) is 0 Å². The van der Waals surface area contributed by atoms with Gasteiger partial charge in [-0.05, 0) is 42.8 Å². The molecule has 4 rings (SSSR count). The van der Waals surface area contributed by atoms with Gasteiger partial charge in [-0.1, -0.05) is 30.4 Å². The van der Waals surface area contributed by atoms with Crippen molar-refractivity contribution in [3.8, 4) is 21.8 Å². The normalized spacial score (nSPS) is 11.0. The van der Waals surface area contributed by atoms with E-state index >= 15 is 0 Å². The van der Waals surface area contributed by atoms with Gasteiger partial charge in [0.25, 0.3) is 0 Å². The van der Waals surface area contributed by atoms with E-state index in [1.807, 2.05) is 31.3 Å². The number of rotatable bonds is 4. The lowest BCUT2D eigenvalue weighted by Crippen LogP contribution is -2.07. The van der Waals surface area contributed by atoms with Crippen LogP contribution in [0.2, 0.25) is 0 Å². The minimum Gasteiger partial charge on any atom is -0.250 e. The zero-order chi connectivity index (χ0) is 19.7. The maximum absolute atomic E-state index is 13.5. The largest absolute Gasteiger partial charge is 0.250 e. The Morgan fingerprint density at radius 1 is 1.00 bits per heavy atom. The van der Waals surface area contributed by atoms with E-state index < -0.39 is 11.6 Å². The molecule has 0 bridgehead atoms. The first kappa shape index (κ1) is 18.6. The van der Waals surface area contributed by atoms with E-state index in [1.54, 1.807) is 28.2 Å². The molecule has 0 radical (unpaired) electrons. The summed E-state index contributed by atoms with van der Waals surface area (Å²) in [4.78, 5) is 5.58. The van der Waals surface area contributed by atoms with E-state index in [4.69, 9.17) is 12.2 Å². The Labute approximate surface area is 170 Å². The highest BCUT2D eigenvalue weighted by Gasteiger charge is 2.08. The van der Waals surface area contributed by atoms with Gasteiger partial charge in [0.1, 0.15) is 21.3 Å². The molecule has 2 aromatic heterocycles. The highest BCUT2D eigenvalue weighted by atomic mass is 32.1. The van der Waals surface area contributed by atoms with Crippen molar-refractivity contribution in [2.24, 2.45) is 0 Å². The van der Waals surface area contributed by atoms with Gasteiger partial charge in [-0.15, -0.1) is 11.3 Å². The molecule has 7 heteroatoms. The van der Waals surface area contributed by atoms with Crippen LogP contribution >= 0.6 is 23.6 Å². The molecule has 0 spiro atoms. The number of benzene rings is 2. The minimum atomic E-state index is -0.641. The van der Waals surface area contributed by atoms with E-state index in [0.717, 1.165) is 27.1 Å². The summed E-state index contributed by atoms with van der Waals surface area (Å²) in [5.74, 6) is -1.28. The quantitative estimate of drug-likeness (QED) is 0.384. The Kier molecular flexibility index (Phi) is 5.11. The van der Waals surface area contributed by atoms with Crippen LogP contribution in [0.15, 0.2) is 60.8 Å². The summed E-state index contributed by atoms with van der Waals surface area (Å²) in [7, 11) is 0. The molecule has 0 aliphatic carbocycles. The van der Waals surface area contributed by atoms with Crippen LogP contribution in [0, 0.1) is 23.2 Å². The lowest BCUT2D eigenvalue weighted by atomic mass is 10.1. The van der Waals surface area contributed by atoms with Crippen LogP contribution in [0.4, 0.5) is 8.78 Å². The monoisotopic (exact) mass is 411 g/mol. The Hall–Kier alpha value is -2.77. The second kappa shape index (κ2) is 7.69. The molecule has 4 aromatic rings. The third-order valence-corrected chi connectivity index (χ3v) is 5.46. The maximum atomic E-state index is 13.5. The van der Waals surface area contributed by atoms with Gasteiger partial charge < -0.3 is 0 Å². The standard InChI is InChI=1S/C21H15F2N3S2/c1-13-11-24-21(28-13)15-4-2-3-14(7-15)12-26-20(27)6-5-19(25-26)16-8-17(22)10-18(23)9-16/h2-11H,12H2,1H3. The second-order valence-corrected chi connectivity index (χ2v) is 8.00. The van der Waals surface area contributed by atoms with E-state index in [2.05, 4.69) is 16.1 Å². The van der Waals surface area contributed by atoms with Gasteiger partial charge in [0, 0.05) is 28.3 Å². The Bertz CT molecular complexity index is 1190. The van der Waals surface area contributed by atoms with Gasteiger partial charge in [-0.25, -0.2) is 18.4 Å². The number of halogens is 2. The van der Waals surface area contributed by atoms with Gasteiger partial charge in [-0.2, -0.15) is 5.10 Å². The Balaban J connectivity index is 1.68. The Morgan fingerprint density at radius 2 is 1.79 bits per heavy atom. The average molecular weight is 412 g/mol. The van der Waals surface area contributed by atoms with E-state index in [-0.39, 0.29) is 0 Å². The van der Waals surface area contributed by atoms with Crippen molar-refractivity contribution in [3.05, 3.63) is 87.5 Å². The summed E-state index contributed by atoms with van der Waals surface area (Å²) in [6.45, 7) is 2.47. The van der Waals surface area contributed by atoms with Crippen molar-refractivity contribution >= 4 is 23.6 Å². The topological polar surface area (TPSA) is 30.7 Å². The molecule has 2 heterocycles. The van der Waals surface area contributed by atoms with E-state index in [0.29, 0.717) is 22.4 Å². The van der Waals surface area contributed by atoms with Crippen LogP contribution in [0.5, 0.6) is 0 Å². The van der Waals surface area contributed by atoms with Crippen molar-refractivity contribution in [2.45, 2.75) is 13.5 Å². The average Bonchev–Trinajstić information content (AvgIpc) is 3.09. The summed E-state index contributed by atoms with van der Waals surface area (Å²) in [6.07, 6.45) is 1.85. The fourth-order valence-electron chi connectivity index (χ4n) is 2.88. The molecule has 0 N–H and O–H groups in total. The summed E-state index contributed by atoms with van der Waals surface area (Å²) >= 11 is 7.02. The highest BCUT2D eigenvalue weighted by molar-refractivity contribution is 7.71. The molecule has 2 aromatic carbocycles. The van der Waals surface area contributed by atoms with Crippen molar-refractivity contribution in [1.82, 2.24) is 14.8 Å². The lowest BCUT2D eigenvalue weighted by Gasteiger charge is -2.10. The molecule has 28 heavy (non-hydrogen) atoms. The predicted molar refractivity (Wildman–Crippen MR) is 110 cm³/mol. The molecule has 0 saturated heterocycles. The highest BCUT2D eigenvalue weighted by Crippen LogP contribution is 2.26. The van der Waals surface area contributed by atoms with Crippen LogP contribution in [-0.4, -0.2) is 14.8 Å². The molecule has 140 valence electrons. The molecule has 3 nitrogen and oxygen atoms in total. The zero-order valence-electron chi connectivity index (χ0n) is 14.9. The first-order chi connectivity index (χ1) is 13.5. The number of hydrogen-bond acceptors (Lipinski definition) is 4. The number of aryl methyl sites for hydroxylation is 1. The van der Waals surface area contributed by atoms with Crippen LogP contribution in [-0.2, 0) is 6.54 Å². The number of hydrogen-bond donors (Lipinski definition) is 0. The van der Waals surface area contributed by atoms with Crippen LogP contribution in [0.1, 0.15) is 10.4 Å². The summed E-state index contributed by atoms with van der Waals surface area (Å²) < 4.78 is 29.3. The molecular formula is C21H15F2N3S2. The maximum Gasteiger partial charge on any atom is 0.126 e. The van der Waals surface area contributed by atoms with Gasteiger partial charge in [-0.3, -0.25) is 0 Å². The minimum absolute atomic E-state index is 0.369. The van der Waals surface area contributed by atoms with Crippen LogP contribution in [0.25, 0.3) is 21.8 Å². The van der Waals surface area contributed by atoms with Crippen molar-refractivity contribution in [1.29, 1.82) is 0 Å². The molecular weight excluding hydrogens is 396 g/mol. The van der Waals surface area contributed by atoms with Gasteiger partial charge in [0.15, 0.2) is 0 Å². The zero-order valence-corrected chi connectivity index (χ0v) is 16.5. The molecule has 0 fully saturated rings. The Morgan fingerprint density at radius 3 is 2.50 bits per heavy atom. The third kappa shape index (κ3) is 4.05. The molecule has 0 saturated carbocycles. The summed E-state index contributed by atoms with van der Waals surface area (Å²) in [5.41, 5.74) is 2.87. The molecule has 0 aliphatic heterocycles. The van der Waals surface area contributed by atoms with E-state index in [9.17, 15) is 8.78 Å². The molecule has 0 atom stereocenters. The molecule has 0 unspecified atom stereocenters. The van der Waals surface area contributed by atoms with Gasteiger partial charge in [0.05, 0.1) is 12.2 Å².